The minimum Gasteiger partial charge on any atom is -0.307 e. The minimum absolute atomic E-state index is 0.0470. The van der Waals surface area contributed by atoms with Gasteiger partial charge in [0.25, 0.3) is 15.7 Å². The Kier molecular flexibility index (Phi) is 6.35. The van der Waals surface area contributed by atoms with Crippen LogP contribution >= 0.6 is 0 Å². The van der Waals surface area contributed by atoms with E-state index in [1.165, 1.54) is 4.90 Å². The van der Waals surface area contributed by atoms with Gasteiger partial charge < -0.3 is 4.90 Å². The maximum atomic E-state index is 13.6. The number of carbonyl (C=O) groups excluding carboxylic acids is 2. The number of halogens is 3. The lowest BCUT2D eigenvalue weighted by molar-refractivity contribution is -0.119. The highest BCUT2D eigenvalue weighted by Crippen LogP contribution is 2.33. The first kappa shape index (κ1) is 25.3. The van der Waals surface area contributed by atoms with Crippen molar-refractivity contribution in [3.05, 3.63) is 96.4 Å². The number of alkyl halides is 3. The highest BCUT2D eigenvalue weighted by molar-refractivity contribution is 7.92. The molecule has 2 aromatic heterocycles. The van der Waals surface area contributed by atoms with E-state index in [0.29, 0.717) is 11.2 Å². The smallest absolute Gasteiger partial charge is 0.307 e. The summed E-state index contributed by atoms with van der Waals surface area (Å²) >= 11 is 0. The summed E-state index contributed by atoms with van der Waals surface area (Å²) in [5, 5.41) is 0.798. The molecule has 0 bridgehead atoms. The molecule has 1 aliphatic heterocycles. The van der Waals surface area contributed by atoms with E-state index in [0.717, 1.165) is 40.1 Å². The highest BCUT2D eigenvalue weighted by atomic mass is 32.2. The first-order chi connectivity index (χ1) is 18.1. The standard InChI is InChI=1S/C26H19F3N4O4S/c27-26(28,29)38(36,37)20-10-8-19(9-11-20)33-24(34)23(15-18-5-3-4-13-30-18)32(25(33)35)16-17-12-14-31-22-7-2-1-6-21(17)22/h1-14,23H,15-16H2/t23-/m0/s1. The maximum absolute atomic E-state index is 13.6. The summed E-state index contributed by atoms with van der Waals surface area (Å²) in [7, 11) is -5.58. The molecule has 8 nitrogen and oxygen atoms in total. The van der Waals surface area contributed by atoms with Crippen LogP contribution < -0.4 is 4.90 Å². The van der Waals surface area contributed by atoms with Gasteiger partial charge in [-0.05, 0) is 54.1 Å². The van der Waals surface area contributed by atoms with E-state index in [2.05, 4.69) is 9.97 Å². The van der Waals surface area contributed by atoms with Crippen molar-refractivity contribution in [3.63, 3.8) is 0 Å². The van der Waals surface area contributed by atoms with Gasteiger partial charge in [-0.25, -0.2) is 18.1 Å². The molecule has 4 aromatic rings. The van der Waals surface area contributed by atoms with E-state index < -0.39 is 38.2 Å². The van der Waals surface area contributed by atoms with Crippen molar-refractivity contribution >= 4 is 38.4 Å². The molecule has 0 N–H and O–H groups in total. The summed E-state index contributed by atoms with van der Waals surface area (Å²) in [6.07, 6.45) is 3.27. The van der Waals surface area contributed by atoms with Crippen molar-refractivity contribution in [1.29, 1.82) is 0 Å². The molecule has 1 fully saturated rings. The third kappa shape index (κ3) is 4.47. The van der Waals surface area contributed by atoms with Gasteiger partial charge in [0, 0.05) is 36.4 Å². The fraction of sp³-hybridized carbons (Fsp3) is 0.154. The van der Waals surface area contributed by atoms with Gasteiger partial charge in [0.15, 0.2) is 0 Å². The zero-order valence-corrected chi connectivity index (χ0v) is 20.4. The minimum atomic E-state index is -5.58. The Morgan fingerprint density at radius 3 is 2.24 bits per heavy atom. The average molecular weight is 541 g/mol. The molecule has 0 spiro atoms. The van der Waals surface area contributed by atoms with Gasteiger partial charge in [0.05, 0.1) is 16.1 Å². The zero-order valence-electron chi connectivity index (χ0n) is 19.5. The molecule has 2 aromatic carbocycles. The van der Waals surface area contributed by atoms with Crippen molar-refractivity contribution in [2.24, 2.45) is 0 Å². The predicted molar refractivity (Wildman–Crippen MR) is 132 cm³/mol. The van der Waals surface area contributed by atoms with Crippen LogP contribution in [0.5, 0.6) is 0 Å². The van der Waals surface area contributed by atoms with Gasteiger partial charge in [-0.2, -0.15) is 13.2 Å². The summed E-state index contributed by atoms with van der Waals surface area (Å²) in [4.78, 5) is 37.0. The van der Waals surface area contributed by atoms with Crippen LogP contribution in [0, 0.1) is 0 Å². The van der Waals surface area contributed by atoms with Gasteiger partial charge in [-0.3, -0.25) is 14.8 Å². The number of amides is 3. The van der Waals surface area contributed by atoms with Crippen molar-refractivity contribution in [1.82, 2.24) is 14.9 Å². The highest BCUT2D eigenvalue weighted by Gasteiger charge is 2.48. The second kappa shape index (κ2) is 9.53. The van der Waals surface area contributed by atoms with E-state index in [1.807, 2.05) is 24.3 Å². The lowest BCUT2D eigenvalue weighted by Gasteiger charge is -2.22. The monoisotopic (exact) mass is 540 g/mol. The van der Waals surface area contributed by atoms with Gasteiger partial charge in [0.2, 0.25) is 0 Å². The quantitative estimate of drug-likeness (QED) is 0.334. The number of sulfone groups is 1. The van der Waals surface area contributed by atoms with Gasteiger partial charge in [-0.15, -0.1) is 0 Å². The molecule has 0 aliphatic carbocycles. The summed E-state index contributed by atoms with van der Waals surface area (Å²) in [6, 6.07) is 16.1. The van der Waals surface area contributed by atoms with E-state index in [1.54, 1.807) is 36.7 Å². The number of hydrogen-bond acceptors (Lipinski definition) is 6. The molecule has 38 heavy (non-hydrogen) atoms. The third-order valence-electron chi connectivity index (χ3n) is 6.24. The SMILES string of the molecule is O=C1[C@H](Cc2ccccn2)N(Cc2ccnc3ccccc23)C(=O)N1c1ccc(S(=O)(=O)C(F)(F)F)cc1. The van der Waals surface area contributed by atoms with Crippen LogP contribution in [0.4, 0.5) is 23.7 Å². The lowest BCUT2D eigenvalue weighted by Crippen LogP contribution is -2.36. The fourth-order valence-corrected chi connectivity index (χ4v) is 5.11. The van der Waals surface area contributed by atoms with Gasteiger partial charge >= 0.3 is 11.5 Å². The van der Waals surface area contributed by atoms with Crippen LogP contribution in [0.2, 0.25) is 0 Å². The number of carbonyl (C=O) groups is 2. The van der Waals surface area contributed by atoms with Gasteiger partial charge in [-0.1, -0.05) is 24.3 Å². The number of hydrogen-bond donors (Lipinski definition) is 0. The van der Waals surface area contributed by atoms with Crippen LogP contribution in [0.1, 0.15) is 11.3 Å². The Hall–Kier alpha value is -4.32. The van der Waals surface area contributed by atoms with Crippen LogP contribution in [-0.2, 0) is 27.6 Å². The van der Waals surface area contributed by atoms with E-state index in [9.17, 15) is 31.2 Å². The van der Waals surface area contributed by atoms with Crippen LogP contribution in [0.15, 0.2) is 90.1 Å². The van der Waals surface area contributed by atoms with Crippen molar-refractivity contribution in [2.75, 3.05) is 4.90 Å². The molecule has 1 aliphatic rings. The normalized spacial score (nSPS) is 16.4. The van der Waals surface area contributed by atoms with Crippen LogP contribution in [-0.4, -0.2) is 46.8 Å². The Bertz CT molecular complexity index is 1620. The van der Waals surface area contributed by atoms with E-state index in [4.69, 9.17) is 0 Å². The topological polar surface area (TPSA) is 101 Å². The molecule has 3 amide bonds. The Morgan fingerprint density at radius 1 is 0.842 bits per heavy atom. The third-order valence-corrected chi connectivity index (χ3v) is 7.74. The van der Waals surface area contributed by atoms with E-state index in [-0.39, 0.29) is 18.7 Å². The van der Waals surface area contributed by atoms with Crippen LogP contribution in [0.3, 0.4) is 0 Å². The average Bonchev–Trinajstić information content (AvgIpc) is 3.13. The van der Waals surface area contributed by atoms with E-state index >= 15 is 0 Å². The lowest BCUT2D eigenvalue weighted by atomic mass is 10.1. The predicted octanol–water partition coefficient (Wildman–Crippen LogP) is 4.50. The number of aromatic nitrogens is 2. The summed E-state index contributed by atoms with van der Waals surface area (Å²) in [5.74, 6) is -0.606. The molecular formula is C26H19F3N4O4S. The molecule has 194 valence electrons. The molecule has 12 heteroatoms. The number of nitrogens with zero attached hydrogens (tertiary/aromatic N) is 4. The number of pyridine rings is 2. The Labute approximate surface area is 215 Å². The first-order valence-corrected chi connectivity index (χ1v) is 12.8. The molecule has 3 heterocycles. The Morgan fingerprint density at radius 2 is 1.55 bits per heavy atom. The maximum Gasteiger partial charge on any atom is 0.501 e. The molecule has 0 saturated carbocycles. The van der Waals surface area contributed by atoms with Crippen molar-refractivity contribution in [3.8, 4) is 0 Å². The summed E-state index contributed by atoms with van der Waals surface area (Å²) in [6.45, 7) is 0.0577. The largest absolute Gasteiger partial charge is 0.501 e. The fourth-order valence-electron chi connectivity index (χ4n) is 4.35. The number of para-hydroxylation sites is 1. The number of fused-ring (bicyclic) bond motifs is 1. The molecular weight excluding hydrogens is 521 g/mol. The second-order valence-electron chi connectivity index (χ2n) is 8.56. The second-order valence-corrected chi connectivity index (χ2v) is 10.5. The van der Waals surface area contributed by atoms with Crippen molar-refractivity contribution in [2.45, 2.75) is 29.4 Å². The number of anilines is 1. The molecule has 1 saturated heterocycles. The molecule has 1 atom stereocenters. The number of benzene rings is 2. The van der Waals surface area contributed by atoms with Crippen LogP contribution in [0.25, 0.3) is 10.9 Å². The number of rotatable bonds is 6. The molecule has 5 rings (SSSR count). The summed E-state index contributed by atoms with van der Waals surface area (Å²) < 4.78 is 62.3. The molecule has 0 unspecified atom stereocenters. The van der Waals surface area contributed by atoms with Gasteiger partial charge in [0.1, 0.15) is 6.04 Å². The molecule has 0 radical (unpaired) electrons. The van der Waals surface area contributed by atoms with Crippen molar-refractivity contribution < 1.29 is 31.2 Å². The number of imide groups is 1. The summed E-state index contributed by atoms with van der Waals surface area (Å²) in [5.41, 5.74) is -3.50. The zero-order chi connectivity index (χ0) is 27.1. The Balaban J connectivity index is 1.52. The first-order valence-electron chi connectivity index (χ1n) is 11.4. The number of urea groups is 1.